The normalized spacial score (nSPS) is 14.8. The molecule has 1 aromatic rings. The summed E-state index contributed by atoms with van der Waals surface area (Å²) < 4.78 is 0. The molecular formula is C10H13NO3. The molecule has 1 atom stereocenters. The average molecular weight is 195 g/mol. The Morgan fingerprint density at radius 3 is 2.79 bits per heavy atom. The maximum absolute atomic E-state index is 10.7. The van der Waals surface area contributed by atoms with Gasteiger partial charge in [0.25, 0.3) is 0 Å². The van der Waals surface area contributed by atoms with Crippen LogP contribution in [0.4, 0.5) is 0 Å². The van der Waals surface area contributed by atoms with Crippen LogP contribution >= 0.6 is 0 Å². The number of rotatable bonds is 3. The Balaban J connectivity index is 2.89. The second kappa shape index (κ2) is 3.75. The van der Waals surface area contributed by atoms with Crippen molar-refractivity contribution >= 4 is 5.97 Å². The fourth-order valence-corrected chi connectivity index (χ4v) is 1.11. The van der Waals surface area contributed by atoms with E-state index in [0.29, 0.717) is 5.69 Å². The molecule has 14 heavy (non-hydrogen) atoms. The Hall–Kier alpha value is -1.42. The largest absolute Gasteiger partial charge is 0.479 e. The Kier molecular flexibility index (Phi) is 2.86. The number of aryl methyl sites for hydroxylation is 1. The second-order valence-corrected chi connectivity index (χ2v) is 3.52. The van der Waals surface area contributed by atoms with E-state index < -0.39 is 11.6 Å². The number of carboxylic acids is 1. The van der Waals surface area contributed by atoms with E-state index in [2.05, 4.69) is 4.98 Å². The Bertz CT molecular complexity index is 347. The Morgan fingerprint density at radius 2 is 2.29 bits per heavy atom. The summed E-state index contributed by atoms with van der Waals surface area (Å²) in [6, 6.07) is 3.61. The molecule has 0 radical (unpaired) electrons. The van der Waals surface area contributed by atoms with Crippen LogP contribution in [0.2, 0.25) is 0 Å². The molecule has 0 aliphatic rings. The summed E-state index contributed by atoms with van der Waals surface area (Å²) in [6.45, 7) is 3.10. The minimum atomic E-state index is -1.75. The molecule has 0 amide bonds. The standard InChI is InChI=1S/C10H13NO3/c1-7-4-3-5-11-8(7)6-10(2,14)9(12)13/h3-5,14H,6H2,1-2H3,(H,12,13). The highest BCUT2D eigenvalue weighted by molar-refractivity contribution is 5.76. The molecule has 76 valence electrons. The third-order valence-corrected chi connectivity index (χ3v) is 2.09. The molecule has 0 fully saturated rings. The van der Waals surface area contributed by atoms with Gasteiger partial charge in [-0.15, -0.1) is 0 Å². The van der Waals surface area contributed by atoms with Crippen LogP contribution in [-0.2, 0) is 11.2 Å². The van der Waals surface area contributed by atoms with Gasteiger partial charge in [-0.05, 0) is 25.5 Å². The fraction of sp³-hybridized carbons (Fsp3) is 0.400. The summed E-state index contributed by atoms with van der Waals surface area (Å²) in [5, 5.41) is 18.2. The first-order valence-electron chi connectivity index (χ1n) is 4.30. The molecular weight excluding hydrogens is 182 g/mol. The highest BCUT2D eigenvalue weighted by Gasteiger charge is 2.30. The van der Waals surface area contributed by atoms with Crippen molar-refractivity contribution in [2.75, 3.05) is 0 Å². The molecule has 2 N–H and O–H groups in total. The van der Waals surface area contributed by atoms with Crippen LogP contribution in [0.3, 0.4) is 0 Å². The highest BCUT2D eigenvalue weighted by Crippen LogP contribution is 2.14. The maximum atomic E-state index is 10.7. The number of nitrogens with zero attached hydrogens (tertiary/aromatic N) is 1. The first-order valence-corrected chi connectivity index (χ1v) is 4.30. The molecule has 1 unspecified atom stereocenters. The SMILES string of the molecule is Cc1cccnc1CC(C)(O)C(=O)O. The summed E-state index contributed by atoms with van der Waals surface area (Å²) in [4.78, 5) is 14.7. The number of pyridine rings is 1. The minimum Gasteiger partial charge on any atom is -0.479 e. The molecule has 0 saturated carbocycles. The minimum absolute atomic E-state index is 0.0228. The van der Waals surface area contributed by atoms with Gasteiger partial charge in [-0.2, -0.15) is 0 Å². The number of hydrogen-bond acceptors (Lipinski definition) is 3. The lowest BCUT2D eigenvalue weighted by molar-refractivity contribution is -0.156. The first kappa shape index (κ1) is 10.7. The molecule has 4 nitrogen and oxygen atoms in total. The number of aliphatic carboxylic acids is 1. The van der Waals surface area contributed by atoms with Crippen molar-refractivity contribution in [1.82, 2.24) is 4.98 Å². The third-order valence-electron chi connectivity index (χ3n) is 2.09. The molecule has 1 aromatic heterocycles. The molecule has 0 aliphatic heterocycles. The zero-order chi connectivity index (χ0) is 10.8. The number of hydrogen-bond donors (Lipinski definition) is 2. The zero-order valence-corrected chi connectivity index (χ0v) is 8.19. The van der Waals surface area contributed by atoms with Crippen molar-refractivity contribution in [3.63, 3.8) is 0 Å². The smallest absolute Gasteiger partial charge is 0.335 e. The Morgan fingerprint density at radius 1 is 1.64 bits per heavy atom. The van der Waals surface area contributed by atoms with Crippen molar-refractivity contribution in [1.29, 1.82) is 0 Å². The van der Waals surface area contributed by atoms with Crippen molar-refractivity contribution in [2.45, 2.75) is 25.9 Å². The first-order chi connectivity index (χ1) is 6.43. The molecule has 4 heteroatoms. The summed E-state index contributed by atoms with van der Waals surface area (Å²) in [7, 11) is 0. The van der Waals surface area contributed by atoms with E-state index in [1.54, 1.807) is 12.3 Å². The van der Waals surface area contributed by atoms with Crippen molar-refractivity contribution < 1.29 is 15.0 Å². The van der Waals surface area contributed by atoms with Gasteiger partial charge in [-0.3, -0.25) is 4.98 Å². The van der Waals surface area contributed by atoms with Crippen LogP contribution in [0.1, 0.15) is 18.2 Å². The maximum Gasteiger partial charge on any atom is 0.335 e. The number of aliphatic hydroxyl groups is 1. The van der Waals surface area contributed by atoms with Crippen molar-refractivity contribution in [3.05, 3.63) is 29.6 Å². The second-order valence-electron chi connectivity index (χ2n) is 3.52. The van der Waals surface area contributed by atoms with E-state index in [1.807, 2.05) is 13.0 Å². The van der Waals surface area contributed by atoms with Crippen LogP contribution in [0.5, 0.6) is 0 Å². The van der Waals surface area contributed by atoms with E-state index in [4.69, 9.17) is 5.11 Å². The quantitative estimate of drug-likeness (QED) is 0.747. The number of aromatic nitrogens is 1. The Labute approximate surface area is 82.2 Å². The highest BCUT2D eigenvalue weighted by atomic mass is 16.4. The van der Waals surface area contributed by atoms with Crippen molar-refractivity contribution in [3.8, 4) is 0 Å². The van der Waals surface area contributed by atoms with Gasteiger partial charge < -0.3 is 10.2 Å². The zero-order valence-electron chi connectivity index (χ0n) is 8.19. The van der Waals surface area contributed by atoms with Gasteiger partial charge in [-0.25, -0.2) is 4.79 Å². The van der Waals surface area contributed by atoms with Gasteiger partial charge >= 0.3 is 5.97 Å². The molecule has 0 bridgehead atoms. The van der Waals surface area contributed by atoms with Crippen molar-refractivity contribution in [2.24, 2.45) is 0 Å². The third kappa shape index (κ3) is 2.29. The molecule has 0 saturated heterocycles. The average Bonchev–Trinajstić information content (AvgIpc) is 2.08. The van der Waals surface area contributed by atoms with Crippen LogP contribution in [0.15, 0.2) is 18.3 Å². The summed E-state index contributed by atoms with van der Waals surface area (Å²) >= 11 is 0. The van der Waals surface area contributed by atoms with Crippen LogP contribution in [-0.4, -0.2) is 26.8 Å². The van der Waals surface area contributed by atoms with E-state index in [-0.39, 0.29) is 6.42 Å². The van der Waals surface area contributed by atoms with E-state index in [9.17, 15) is 9.90 Å². The van der Waals surface area contributed by atoms with Gasteiger partial charge in [0.15, 0.2) is 5.60 Å². The van der Waals surface area contributed by atoms with E-state index in [1.165, 1.54) is 6.92 Å². The van der Waals surface area contributed by atoms with E-state index in [0.717, 1.165) is 5.56 Å². The topological polar surface area (TPSA) is 70.4 Å². The molecule has 0 aliphatic carbocycles. The van der Waals surface area contributed by atoms with Gasteiger partial charge in [0.1, 0.15) is 0 Å². The van der Waals surface area contributed by atoms with Crippen LogP contribution in [0, 0.1) is 6.92 Å². The lowest BCUT2D eigenvalue weighted by Gasteiger charge is -2.17. The monoisotopic (exact) mass is 195 g/mol. The molecule has 0 spiro atoms. The van der Waals surface area contributed by atoms with Gasteiger partial charge in [0.2, 0.25) is 0 Å². The van der Waals surface area contributed by atoms with E-state index >= 15 is 0 Å². The lowest BCUT2D eigenvalue weighted by atomic mass is 9.98. The van der Waals surface area contributed by atoms with Gasteiger partial charge in [-0.1, -0.05) is 6.07 Å². The summed E-state index contributed by atoms with van der Waals surface area (Å²) in [5.41, 5.74) is -0.257. The number of carbonyl (C=O) groups is 1. The predicted molar refractivity (Wildman–Crippen MR) is 50.9 cm³/mol. The molecule has 1 heterocycles. The molecule has 0 aromatic carbocycles. The fourth-order valence-electron chi connectivity index (χ4n) is 1.11. The number of carboxylic acid groups (broad SMARTS) is 1. The van der Waals surface area contributed by atoms with Crippen LogP contribution < -0.4 is 0 Å². The molecule has 1 rings (SSSR count). The summed E-state index contributed by atoms with van der Waals surface area (Å²) in [6.07, 6.45) is 1.61. The lowest BCUT2D eigenvalue weighted by Crippen LogP contribution is -2.37. The van der Waals surface area contributed by atoms with Gasteiger partial charge in [0.05, 0.1) is 0 Å². The summed E-state index contributed by atoms with van der Waals surface area (Å²) in [5.74, 6) is -1.23. The van der Waals surface area contributed by atoms with Gasteiger partial charge in [0, 0.05) is 18.3 Å². The van der Waals surface area contributed by atoms with Crippen LogP contribution in [0.25, 0.3) is 0 Å². The predicted octanol–water partition coefficient (Wildman–Crippen LogP) is 0.768.